The minimum atomic E-state index is -3.63. The second-order valence-electron chi connectivity index (χ2n) is 6.72. The normalized spacial score (nSPS) is 15.3. The van der Waals surface area contributed by atoms with Gasteiger partial charge in [0.15, 0.2) is 0 Å². The number of hydrazine groups is 1. The van der Waals surface area contributed by atoms with Crippen LogP contribution >= 0.6 is 11.3 Å². The number of benzene rings is 1. The highest BCUT2D eigenvalue weighted by Gasteiger charge is 2.26. The van der Waals surface area contributed by atoms with Crippen LogP contribution in [0.15, 0.2) is 47.4 Å². The topological polar surface area (TPSA) is 95.6 Å². The Morgan fingerprint density at radius 3 is 2.52 bits per heavy atom. The number of hydrogen-bond acceptors (Lipinski definition) is 5. The van der Waals surface area contributed by atoms with Gasteiger partial charge in [0.05, 0.1) is 4.90 Å². The number of nitrogens with zero attached hydrogens (tertiary/aromatic N) is 1. The molecule has 0 spiro atoms. The molecule has 1 aliphatic heterocycles. The van der Waals surface area contributed by atoms with Crippen LogP contribution in [0.25, 0.3) is 6.08 Å². The SMILES string of the molecule is Cc1ccc(/C=C/C(=O)NNC(=O)c2cccc(S(=O)(=O)N3CCCCC3)c2)s1. The number of rotatable bonds is 5. The number of carbonyl (C=O) groups is 2. The molecule has 154 valence electrons. The van der Waals surface area contributed by atoms with Crippen LogP contribution in [0.3, 0.4) is 0 Å². The lowest BCUT2D eigenvalue weighted by Crippen LogP contribution is -2.41. The molecule has 3 rings (SSSR count). The van der Waals surface area contributed by atoms with Gasteiger partial charge in [0.25, 0.3) is 11.8 Å². The Kier molecular flexibility index (Phi) is 6.83. The fraction of sp³-hybridized carbons (Fsp3) is 0.300. The molecule has 2 aromatic rings. The quantitative estimate of drug-likeness (QED) is 0.560. The van der Waals surface area contributed by atoms with Gasteiger partial charge >= 0.3 is 0 Å². The van der Waals surface area contributed by atoms with Crippen LogP contribution in [-0.2, 0) is 14.8 Å². The third-order valence-corrected chi connectivity index (χ3v) is 7.37. The van der Waals surface area contributed by atoms with Gasteiger partial charge < -0.3 is 0 Å². The molecule has 29 heavy (non-hydrogen) atoms. The highest BCUT2D eigenvalue weighted by molar-refractivity contribution is 7.89. The van der Waals surface area contributed by atoms with E-state index < -0.39 is 21.8 Å². The van der Waals surface area contributed by atoms with Gasteiger partial charge in [-0.25, -0.2) is 8.42 Å². The second-order valence-corrected chi connectivity index (χ2v) is 9.98. The molecule has 1 fully saturated rings. The first kappa shape index (κ1) is 21.2. The maximum atomic E-state index is 12.8. The van der Waals surface area contributed by atoms with Crippen LogP contribution in [0.1, 0.15) is 39.4 Å². The molecule has 1 aromatic heterocycles. The minimum absolute atomic E-state index is 0.0753. The zero-order valence-corrected chi connectivity index (χ0v) is 17.7. The monoisotopic (exact) mass is 433 g/mol. The third kappa shape index (κ3) is 5.53. The first-order valence-electron chi connectivity index (χ1n) is 9.31. The number of hydrogen-bond donors (Lipinski definition) is 2. The maximum Gasteiger partial charge on any atom is 0.269 e. The van der Waals surface area contributed by atoms with Crippen molar-refractivity contribution in [2.75, 3.05) is 13.1 Å². The average molecular weight is 434 g/mol. The highest BCUT2D eigenvalue weighted by atomic mass is 32.2. The predicted octanol–water partition coefficient (Wildman–Crippen LogP) is 2.71. The smallest absolute Gasteiger partial charge is 0.268 e. The number of aryl methyl sites for hydroxylation is 1. The fourth-order valence-corrected chi connectivity index (χ4v) is 5.33. The van der Waals surface area contributed by atoms with E-state index in [0.29, 0.717) is 13.1 Å². The number of carbonyl (C=O) groups excluding carboxylic acids is 2. The van der Waals surface area contributed by atoms with Crippen molar-refractivity contribution in [1.29, 1.82) is 0 Å². The van der Waals surface area contributed by atoms with E-state index in [1.54, 1.807) is 17.4 Å². The largest absolute Gasteiger partial charge is 0.269 e. The van der Waals surface area contributed by atoms with Gasteiger partial charge in [-0.1, -0.05) is 12.5 Å². The summed E-state index contributed by atoms with van der Waals surface area (Å²) in [6, 6.07) is 9.68. The number of sulfonamides is 1. The standard InChI is InChI=1S/C20H23N3O4S2/c1-15-8-9-17(28-15)10-11-19(24)21-22-20(25)16-6-5-7-18(14-16)29(26,27)23-12-3-2-4-13-23/h5-11,14H,2-4,12-13H2,1H3,(H,21,24)(H,22,25)/b11-10+. The van der Waals surface area contributed by atoms with Gasteiger partial charge in [0.2, 0.25) is 10.0 Å². The summed E-state index contributed by atoms with van der Waals surface area (Å²) in [5.74, 6) is -1.07. The van der Waals surface area contributed by atoms with Crippen LogP contribution in [0.5, 0.6) is 0 Å². The summed E-state index contributed by atoms with van der Waals surface area (Å²) >= 11 is 1.55. The van der Waals surface area contributed by atoms with Crippen molar-refractivity contribution in [2.24, 2.45) is 0 Å². The minimum Gasteiger partial charge on any atom is -0.268 e. The molecule has 2 amide bonds. The van der Waals surface area contributed by atoms with Gasteiger partial charge in [0.1, 0.15) is 0 Å². The summed E-state index contributed by atoms with van der Waals surface area (Å²) in [6.07, 6.45) is 5.68. The van der Waals surface area contributed by atoms with E-state index in [-0.39, 0.29) is 10.5 Å². The van der Waals surface area contributed by atoms with Crippen molar-refractivity contribution >= 4 is 39.3 Å². The van der Waals surface area contributed by atoms with E-state index in [1.165, 1.54) is 34.6 Å². The van der Waals surface area contributed by atoms with Crippen LogP contribution in [-0.4, -0.2) is 37.6 Å². The lowest BCUT2D eigenvalue weighted by molar-refractivity contribution is -0.117. The number of thiophene rings is 1. The maximum absolute atomic E-state index is 12.8. The van der Waals surface area contributed by atoms with Gasteiger partial charge in [-0.15, -0.1) is 11.3 Å². The molecule has 0 saturated carbocycles. The first-order chi connectivity index (χ1) is 13.9. The molecule has 2 heterocycles. The molecular weight excluding hydrogens is 410 g/mol. The van der Waals surface area contributed by atoms with Gasteiger partial charge in [0, 0.05) is 34.5 Å². The Morgan fingerprint density at radius 2 is 1.83 bits per heavy atom. The van der Waals surface area contributed by atoms with Crippen LogP contribution < -0.4 is 10.9 Å². The summed E-state index contributed by atoms with van der Waals surface area (Å²) < 4.78 is 27.0. The molecular formula is C20H23N3O4S2. The molecule has 0 radical (unpaired) electrons. The van der Waals surface area contributed by atoms with Crippen molar-refractivity contribution in [3.05, 3.63) is 57.8 Å². The van der Waals surface area contributed by atoms with E-state index >= 15 is 0 Å². The fourth-order valence-electron chi connectivity index (χ4n) is 2.99. The zero-order valence-electron chi connectivity index (χ0n) is 16.1. The van der Waals surface area contributed by atoms with Gasteiger partial charge in [-0.05, 0) is 56.2 Å². The summed E-state index contributed by atoms with van der Waals surface area (Å²) in [4.78, 5) is 26.3. The van der Waals surface area contributed by atoms with Crippen molar-refractivity contribution in [1.82, 2.24) is 15.2 Å². The van der Waals surface area contributed by atoms with E-state index in [2.05, 4.69) is 10.9 Å². The summed E-state index contributed by atoms with van der Waals surface area (Å²) in [5.41, 5.74) is 4.76. The summed E-state index contributed by atoms with van der Waals surface area (Å²) in [7, 11) is -3.63. The van der Waals surface area contributed by atoms with E-state index in [0.717, 1.165) is 29.0 Å². The molecule has 1 aliphatic rings. The van der Waals surface area contributed by atoms with Crippen molar-refractivity contribution < 1.29 is 18.0 Å². The number of amides is 2. The lowest BCUT2D eigenvalue weighted by atomic mass is 10.2. The van der Waals surface area contributed by atoms with Crippen LogP contribution in [0.4, 0.5) is 0 Å². The molecule has 0 atom stereocenters. The molecule has 9 heteroatoms. The molecule has 1 saturated heterocycles. The Morgan fingerprint density at radius 1 is 1.07 bits per heavy atom. The Hall–Kier alpha value is -2.49. The van der Waals surface area contributed by atoms with E-state index in [9.17, 15) is 18.0 Å². The van der Waals surface area contributed by atoms with Crippen molar-refractivity contribution in [2.45, 2.75) is 31.1 Å². The first-order valence-corrected chi connectivity index (χ1v) is 11.6. The van der Waals surface area contributed by atoms with E-state index in [4.69, 9.17) is 0 Å². The molecule has 2 N–H and O–H groups in total. The molecule has 0 unspecified atom stereocenters. The molecule has 7 nitrogen and oxygen atoms in total. The van der Waals surface area contributed by atoms with Gasteiger partial charge in [-0.2, -0.15) is 4.31 Å². The molecule has 0 aliphatic carbocycles. The van der Waals surface area contributed by atoms with Crippen molar-refractivity contribution in [3.8, 4) is 0 Å². The summed E-state index contributed by atoms with van der Waals surface area (Å²) in [6.45, 7) is 2.96. The van der Waals surface area contributed by atoms with Crippen molar-refractivity contribution in [3.63, 3.8) is 0 Å². The zero-order chi connectivity index (χ0) is 20.9. The Labute approximate surface area is 174 Å². The number of nitrogens with one attached hydrogen (secondary N) is 2. The Bertz CT molecular complexity index is 1020. The third-order valence-electron chi connectivity index (χ3n) is 4.51. The predicted molar refractivity (Wildman–Crippen MR) is 113 cm³/mol. The molecule has 1 aromatic carbocycles. The highest BCUT2D eigenvalue weighted by Crippen LogP contribution is 2.21. The second kappa shape index (κ2) is 9.34. The lowest BCUT2D eigenvalue weighted by Gasteiger charge is -2.26. The van der Waals surface area contributed by atoms with Crippen LogP contribution in [0.2, 0.25) is 0 Å². The number of piperidine rings is 1. The average Bonchev–Trinajstić information content (AvgIpc) is 3.16. The van der Waals surface area contributed by atoms with Gasteiger partial charge in [-0.3, -0.25) is 20.4 Å². The Balaban J connectivity index is 1.61. The van der Waals surface area contributed by atoms with E-state index in [1.807, 2.05) is 19.1 Å². The summed E-state index contributed by atoms with van der Waals surface area (Å²) in [5, 5.41) is 0. The van der Waals surface area contributed by atoms with Crippen LogP contribution in [0, 0.1) is 6.92 Å². The molecule has 0 bridgehead atoms.